The molecule has 0 radical (unpaired) electrons. The van der Waals surface area contributed by atoms with Gasteiger partial charge in [-0.25, -0.2) is 9.97 Å². The van der Waals surface area contributed by atoms with Crippen molar-refractivity contribution in [2.45, 2.75) is 25.4 Å². The molecule has 0 aromatic carbocycles. The Labute approximate surface area is 112 Å². The molecule has 10 heteroatoms. The van der Waals surface area contributed by atoms with Gasteiger partial charge < -0.3 is 10.6 Å². The number of nitrogens with one attached hydrogen (secondary N) is 2. The Hall–Kier alpha value is -2.13. The molecule has 0 unspecified atom stereocenters. The molecule has 1 aromatic rings. The van der Waals surface area contributed by atoms with Crippen LogP contribution in [0.3, 0.4) is 0 Å². The van der Waals surface area contributed by atoms with Gasteiger partial charge in [-0.2, -0.15) is 13.2 Å². The highest BCUT2D eigenvalue weighted by molar-refractivity contribution is 5.68. The first-order valence-corrected chi connectivity index (χ1v) is 5.83. The molecule has 20 heavy (non-hydrogen) atoms. The fourth-order valence-corrected chi connectivity index (χ4v) is 1.52. The van der Waals surface area contributed by atoms with E-state index < -0.39 is 17.5 Å². The van der Waals surface area contributed by atoms with Gasteiger partial charge in [-0.1, -0.05) is 0 Å². The van der Waals surface area contributed by atoms with Gasteiger partial charge in [-0.15, -0.1) is 0 Å². The molecule has 1 aromatic heterocycles. The molecule has 0 amide bonds. The van der Waals surface area contributed by atoms with Crippen molar-refractivity contribution in [3.8, 4) is 0 Å². The summed E-state index contributed by atoms with van der Waals surface area (Å²) >= 11 is 0. The minimum absolute atomic E-state index is 0.0126. The van der Waals surface area contributed by atoms with Crippen LogP contribution in [0.1, 0.15) is 19.3 Å². The monoisotopic (exact) mass is 293 g/mol. The van der Waals surface area contributed by atoms with Crippen LogP contribution in [0.5, 0.6) is 0 Å². The van der Waals surface area contributed by atoms with Crippen molar-refractivity contribution in [3.63, 3.8) is 0 Å². The highest BCUT2D eigenvalue weighted by atomic mass is 19.4. The first-order chi connectivity index (χ1) is 9.35. The predicted molar refractivity (Wildman–Crippen MR) is 66.6 cm³/mol. The molecule has 0 saturated heterocycles. The molecule has 0 aliphatic heterocycles. The van der Waals surface area contributed by atoms with Crippen molar-refractivity contribution < 1.29 is 18.1 Å². The van der Waals surface area contributed by atoms with Gasteiger partial charge in [0.2, 0.25) is 11.6 Å². The Bertz CT molecular complexity index is 467. The van der Waals surface area contributed by atoms with Gasteiger partial charge in [0.05, 0.1) is 4.92 Å². The summed E-state index contributed by atoms with van der Waals surface area (Å²) in [4.78, 5) is 17.7. The maximum atomic E-state index is 11.9. The van der Waals surface area contributed by atoms with Crippen molar-refractivity contribution in [3.05, 3.63) is 16.4 Å². The van der Waals surface area contributed by atoms with E-state index in [4.69, 9.17) is 0 Å². The van der Waals surface area contributed by atoms with E-state index >= 15 is 0 Å². The molecule has 0 fully saturated rings. The number of aromatic nitrogens is 2. The third-order valence-electron chi connectivity index (χ3n) is 2.42. The number of anilines is 2. The quantitative estimate of drug-likeness (QED) is 0.456. The average Bonchev–Trinajstić information content (AvgIpc) is 2.36. The standard InChI is InChI=1S/C10H14F3N5O2/c1-14-8-7(18(19)20)9(17-6-16-8)15-5-3-2-4-10(11,12)13/h6H,2-5H2,1H3,(H2,14,15,16,17). The van der Waals surface area contributed by atoms with Crippen LogP contribution in [0.15, 0.2) is 6.33 Å². The van der Waals surface area contributed by atoms with Crippen LogP contribution < -0.4 is 10.6 Å². The number of unbranched alkanes of at least 4 members (excludes halogenated alkanes) is 1. The molecule has 2 N–H and O–H groups in total. The van der Waals surface area contributed by atoms with Crippen LogP contribution in [0.25, 0.3) is 0 Å². The molecule has 0 aliphatic rings. The lowest BCUT2D eigenvalue weighted by atomic mass is 10.2. The highest BCUT2D eigenvalue weighted by Gasteiger charge is 2.26. The van der Waals surface area contributed by atoms with Crippen molar-refractivity contribution in [1.29, 1.82) is 0 Å². The summed E-state index contributed by atoms with van der Waals surface area (Å²) in [7, 11) is 1.47. The highest BCUT2D eigenvalue weighted by Crippen LogP contribution is 2.28. The molecule has 0 aliphatic carbocycles. The summed E-state index contributed by atoms with van der Waals surface area (Å²) < 4.78 is 35.8. The zero-order chi connectivity index (χ0) is 15.2. The van der Waals surface area contributed by atoms with Gasteiger partial charge in [0.1, 0.15) is 6.33 Å². The molecule has 1 rings (SSSR count). The van der Waals surface area contributed by atoms with Crippen molar-refractivity contribution in [2.75, 3.05) is 24.2 Å². The van der Waals surface area contributed by atoms with E-state index in [1.165, 1.54) is 7.05 Å². The molecule has 0 saturated carbocycles. The largest absolute Gasteiger partial charge is 0.389 e. The minimum Gasteiger partial charge on any atom is -0.367 e. The van der Waals surface area contributed by atoms with E-state index in [0.29, 0.717) is 0 Å². The molecular weight excluding hydrogens is 279 g/mol. The van der Waals surface area contributed by atoms with Crippen molar-refractivity contribution >= 4 is 17.3 Å². The Kier molecular flexibility index (Phi) is 5.47. The lowest BCUT2D eigenvalue weighted by Gasteiger charge is -2.09. The normalized spacial score (nSPS) is 11.2. The van der Waals surface area contributed by atoms with E-state index in [1.54, 1.807) is 0 Å². The molecule has 7 nitrogen and oxygen atoms in total. The zero-order valence-corrected chi connectivity index (χ0v) is 10.7. The van der Waals surface area contributed by atoms with E-state index in [9.17, 15) is 23.3 Å². The Morgan fingerprint density at radius 2 is 1.95 bits per heavy atom. The van der Waals surface area contributed by atoms with Crippen LogP contribution in [-0.4, -0.2) is 34.7 Å². The van der Waals surface area contributed by atoms with Gasteiger partial charge in [-0.05, 0) is 12.8 Å². The summed E-state index contributed by atoms with van der Waals surface area (Å²) in [6, 6.07) is 0. The number of halogens is 3. The average molecular weight is 293 g/mol. The van der Waals surface area contributed by atoms with Gasteiger partial charge in [0.25, 0.3) is 0 Å². The van der Waals surface area contributed by atoms with Gasteiger partial charge in [-0.3, -0.25) is 10.1 Å². The first kappa shape index (κ1) is 15.9. The van der Waals surface area contributed by atoms with Gasteiger partial charge >= 0.3 is 11.9 Å². The fourth-order valence-electron chi connectivity index (χ4n) is 1.52. The summed E-state index contributed by atoms with van der Waals surface area (Å²) in [5.74, 6) is 0.0316. The molecule has 112 valence electrons. The van der Waals surface area contributed by atoms with Crippen molar-refractivity contribution in [2.24, 2.45) is 0 Å². The zero-order valence-electron chi connectivity index (χ0n) is 10.7. The van der Waals surface area contributed by atoms with Crippen LogP contribution in [-0.2, 0) is 0 Å². The second kappa shape index (κ2) is 6.87. The van der Waals surface area contributed by atoms with Crippen LogP contribution in [0.4, 0.5) is 30.5 Å². The Morgan fingerprint density at radius 3 is 2.50 bits per heavy atom. The van der Waals surface area contributed by atoms with Crippen LogP contribution >= 0.6 is 0 Å². The second-order valence-corrected chi connectivity index (χ2v) is 3.93. The number of nitro groups is 1. The number of rotatable bonds is 7. The van der Waals surface area contributed by atoms with E-state index in [0.717, 1.165) is 6.33 Å². The maximum absolute atomic E-state index is 11.9. The van der Waals surface area contributed by atoms with Gasteiger partial charge in [0.15, 0.2) is 0 Å². The van der Waals surface area contributed by atoms with Crippen LogP contribution in [0, 0.1) is 10.1 Å². The van der Waals surface area contributed by atoms with E-state index in [2.05, 4.69) is 20.6 Å². The Morgan fingerprint density at radius 1 is 1.30 bits per heavy atom. The summed E-state index contributed by atoms with van der Waals surface area (Å²) in [6.07, 6.45) is -3.73. The number of hydrogen-bond acceptors (Lipinski definition) is 6. The molecule has 0 spiro atoms. The predicted octanol–water partition coefficient (Wildman–Crippen LogP) is 2.57. The third-order valence-corrected chi connectivity index (χ3v) is 2.42. The number of nitrogens with zero attached hydrogens (tertiary/aromatic N) is 3. The lowest BCUT2D eigenvalue weighted by molar-refractivity contribution is -0.383. The summed E-state index contributed by atoms with van der Waals surface area (Å²) in [6.45, 7) is 0.164. The molecule has 0 bridgehead atoms. The second-order valence-electron chi connectivity index (χ2n) is 3.93. The third kappa shape index (κ3) is 4.86. The smallest absolute Gasteiger partial charge is 0.367 e. The lowest BCUT2D eigenvalue weighted by Crippen LogP contribution is -2.11. The Balaban J connectivity index is 2.58. The molecule has 0 atom stereocenters. The number of hydrogen-bond donors (Lipinski definition) is 2. The SMILES string of the molecule is CNc1ncnc(NCCCCC(F)(F)F)c1[N+](=O)[O-]. The maximum Gasteiger partial charge on any atom is 0.389 e. The molecule has 1 heterocycles. The molecular formula is C10H14F3N5O2. The summed E-state index contributed by atoms with van der Waals surface area (Å²) in [5.41, 5.74) is -0.328. The van der Waals surface area contributed by atoms with E-state index in [1.807, 2.05) is 0 Å². The van der Waals surface area contributed by atoms with E-state index in [-0.39, 0.29) is 36.7 Å². The van der Waals surface area contributed by atoms with Crippen LogP contribution in [0.2, 0.25) is 0 Å². The van der Waals surface area contributed by atoms with Gasteiger partial charge in [0, 0.05) is 20.0 Å². The minimum atomic E-state index is -4.18. The number of alkyl halides is 3. The van der Waals surface area contributed by atoms with Crippen molar-refractivity contribution in [1.82, 2.24) is 9.97 Å². The fraction of sp³-hybridized carbons (Fsp3) is 0.600. The topological polar surface area (TPSA) is 93.0 Å². The first-order valence-electron chi connectivity index (χ1n) is 5.83. The summed E-state index contributed by atoms with van der Waals surface area (Å²) in [5, 5.41) is 16.1.